The Morgan fingerprint density at radius 2 is 2.05 bits per heavy atom. The van der Waals surface area contributed by atoms with Crippen molar-refractivity contribution in [3.8, 4) is 0 Å². The van der Waals surface area contributed by atoms with Crippen LogP contribution in [0.25, 0.3) is 0 Å². The molecule has 0 aromatic rings. The number of rotatable bonds is 8. The third kappa shape index (κ3) is 7.61. The summed E-state index contributed by atoms with van der Waals surface area (Å²) in [6.07, 6.45) is 6.44. The van der Waals surface area contributed by atoms with Gasteiger partial charge in [-0.15, -0.1) is 0 Å². The molecule has 2 unspecified atom stereocenters. The maximum atomic E-state index is 11.3. The van der Waals surface area contributed by atoms with Gasteiger partial charge in [0.05, 0.1) is 5.75 Å². The molecule has 0 aromatic carbocycles. The van der Waals surface area contributed by atoms with Crippen LogP contribution in [0.2, 0.25) is 0 Å². The summed E-state index contributed by atoms with van der Waals surface area (Å²) in [6, 6.07) is 0.500. The van der Waals surface area contributed by atoms with E-state index in [-0.39, 0.29) is 5.75 Å². The van der Waals surface area contributed by atoms with Crippen LogP contribution in [0.4, 0.5) is 0 Å². The lowest BCUT2D eigenvalue weighted by Crippen LogP contribution is -2.47. The van der Waals surface area contributed by atoms with Gasteiger partial charge in [0.25, 0.3) is 0 Å². The first-order valence-electron chi connectivity index (χ1n) is 8.21. The van der Waals surface area contributed by atoms with Crippen LogP contribution in [0.5, 0.6) is 0 Å². The van der Waals surface area contributed by atoms with Crippen LogP contribution in [0.15, 0.2) is 0 Å². The molecule has 21 heavy (non-hydrogen) atoms. The first kappa shape index (κ1) is 18.9. The lowest BCUT2D eigenvalue weighted by Gasteiger charge is -2.43. The average Bonchev–Trinajstić information content (AvgIpc) is 2.33. The fraction of sp³-hybridized carbons (Fsp3) is 1.00. The molecule has 1 aliphatic carbocycles. The van der Waals surface area contributed by atoms with E-state index in [1.807, 2.05) is 0 Å². The van der Waals surface area contributed by atoms with E-state index in [9.17, 15) is 8.42 Å². The number of sulfone groups is 1. The molecule has 0 spiro atoms. The van der Waals surface area contributed by atoms with E-state index >= 15 is 0 Å². The molecule has 1 fully saturated rings. The highest BCUT2D eigenvalue weighted by molar-refractivity contribution is 7.90. The van der Waals surface area contributed by atoms with E-state index in [1.54, 1.807) is 0 Å². The maximum Gasteiger partial charge on any atom is 0.148 e. The van der Waals surface area contributed by atoms with Crippen molar-refractivity contribution in [3.05, 3.63) is 0 Å². The first-order chi connectivity index (χ1) is 9.62. The molecule has 0 bridgehead atoms. The number of nitrogens with zero attached hydrogens (tertiary/aromatic N) is 1. The van der Waals surface area contributed by atoms with Gasteiger partial charge < -0.3 is 10.2 Å². The molecule has 5 heteroatoms. The highest BCUT2D eigenvalue weighted by Gasteiger charge is 2.35. The molecule has 1 rings (SSSR count). The zero-order valence-electron chi connectivity index (χ0n) is 14.5. The molecule has 2 atom stereocenters. The molecular weight excluding hydrogens is 284 g/mol. The zero-order valence-corrected chi connectivity index (χ0v) is 15.3. The second kappa shape index (κ2) is 7.93. The van der Waals surface area contributed by atoms with Crippen molar-refractivity contribution in [3.63, 3.8) is 0 Å². The van der Waals surface area contributed by atoms with Gasteiger partial charge in [0, 0.05) is 31.9 Å². The van der Waals surface area contributed by atoms with Crippen molar-refractivity contribution < 1.29 is 8.42 Å². The first-order valence-corrected chi connectivity index (χ1v) is 10.3. The topological polar surface area (TPSA) is 49.4 Å². The van der Waals surface area contributed by atoms with Crippen molar-refractivity contribution in [2.45, 2.75) is 52.5 Å². The summed E-state index contributed by atoms with van der Waals surface area (Å²) in [5.74, 6) is 1.03. The van der Waals surface area contributed by atoms with Gasteiger partial charge in [-0.3, -0.25) is 0 Å². The quantitative estimate of drug-likeness (QED) is 0.745. The van der Waals surface area contributed by atoms with E-state index in [0.29, 0.717) is 18.0 Å². The van der Waals surface area contributed by atoms with Gasteiger partial charge in [-0.05, 0) is 31.2 Å². The van der Waals surface area contributed by atoms with E-state index < -0.39 is 9.84 Å². The van der Waals surface area contributed by atoms with Crippen molar-refractivity contribution in [1.82, 2.24) is 10.2 Å². The molecule has 0 saturated heterocycles. The maximum absolute atomic E-state index is 11.3. The SMILES string of the molecule is CC1CCCC(CNC(C)C)(CN(C)CCS(C)(=O)=O)C1. The molecule has 4 nitrogen and oxygen atoms in total. The van der Waals surface area contributed by atoms with Gasteiger partial charge in [0.2, 0.25) is 0 Å². The minimum Gasteiger partial charge on any atom is -0.314 e. The van der Waals surface area contributed by atoms with Gasteiger partial charge >= 0.3 is 0 Å². The van der Waals surface area contributed by atoms with Gasteiger partial charge in [0.15, 0.2) is 0 Å². The van der Waals surface area contributed by atoms with Gasteiger partial charge in [-0.25, -0.2) is 8.42 Å². The van der Waals surface area contributed by atoms with Crippen molar-refractivity contribution in [1.29, 1.82) is 0 Å². The van der Waals surface area contributed by atoms with Gasteiger partial charge in [-0.2, -0.15) is 0 Å². The van der Waals surface area contributed by atoms with Crippen LogP contribution >= 0.6 is 0 Å². The Morgan fingerprint density at radius 3 is 2.57 bits per heavy atom. The van der Waals surface area contributed by atoms with Crippen molar-refractivity contribution in [2.75, 3.05) is 38.7 Å². The minimum absolute atomic E-state index is 0.257. The van der Waals surface area contributed by atoms with Gasteiger partial charge in [-0.1, -0.05) is 33.6 Å². The van der Waals surface area contributed by atoms with Crippen LogP contribution in [-0.4, -0.2) is 58.1 Å². The number of hydrogen-bond donors (Lipinski definition) is 1. The summed E-state index contributed by atoms with van der Waals surface area (Å²) < 4.78 is 22.7. The normalized spacial score (nSPS) is 27.5. The molecule has 0 amide bonds. The summed E-state index contributed by atoms with van der Waals surface area (Å²) in [4.78, 5) is 2.21. The molecule has 126 valence electrons. The summed E-state index contributed by atoms with van der Waals surface area (Å²) in [5, 5.41) is 3.61. The fourth-order valence-corrected chi connectivity index (χ4v) is 4.17. The second-order valence-corrected chi connectivity index (χ2v) is 9.86. The highest BCUT2D eigenvalue weighted by atomic mass is 32.2. The highest BCUT2D eigenvalue weighted by Crippen LogP contribution is 2.39. The average molecular weight is 319 g/mol. The lowest BCUT2D eigenvalue weighted by atomic mass is 9.69. The lowest BCUT2D eigenvalue weighted by molar-refractivity contribution is 0.0922. The fourth-order valence-electron chi connectivity index (χ4n) is 3.52. The molecular formula is C16H34N2O2S. The van der Waals surface area contributed by atoms with E-state index in [2.05, 4.69) is 38.0 Å². The van der Waals surface area contributed by atoms with Crippen LogP contribution in [-0.2, 0) is 9.84 Å². The standard InChI is InChI=1S/C16H34N2O2S/c1-14(2)17-12-16(8-6-7-15(3)11-16)13-18(4)9-10-21(5,19)20/h14-15,17H,6-13H2,1-5H3. The zero-order chi connectivity index (χ0) is 16.1. The molecule has 0 heterocycles. The predicted octanol–water partition coefficient (Wildman–Crippen LogP) is 2.16. The molecule has 0 radical (unpaired) electrons. The Balaban J connectivity index is 2.63. The summed E-state index contributed by atoms with van der Waals surface area (Å²) in [5.41, 5.74) is 0.300. The number of hydrogen-bond acceptors (Lipinski definition) is 4. The monoisotopic (exact) mass is 318 g/mol. The Kier molecular flexibility index (Phi) is 7.14. The van der Waals surface area contributed by atoms with Crippen LogP contribution in [0.1, 0.15) is 46.5 Å². The van der Waals surface area contributed by atoms with E-state index in [0.717, 1.165) is 19.0 Å². The summed E-state index contributed by atoms with van der Waals surface area (Å²) in [6.45, 7) is 9.39. The van der Waals surface area contributed by atoms with E-state index in [4.69, 9.17) is 0 Å². The number of nitrogens with one attached hydrogen (secondary N) is 1. The molecule has 1 N–H and O–H groups in total. The third-order valence-corrected chi connectivity index (χ3v) is 5.44. The molecule has 1 aliphatic rings. The summed E-state index contributed by atoms with van der Waals surface area (Å²) in [7, 11) is -0.816. The molecule has 0 aromatic heterocycles. The van der Waals surface area contributed by atoms with Crippen molar-refractivity contribution >= 4 is 9.84 Å². The molecule has 1 saturated carbocycles. The smallest absolute Gasteiger partial charge is 0.148 e. The second-order valence-electron chi connectivity index (χ2n) is 7.60. The third-order valence-electron chi connectivity index (χ3n) is 4.52. The molecule has 0 aliphatic heterocycles. The van der Waals surface area contributed by atoms with Gasteiger partial charge in [0.1, 0.15) is 9.84 Å². The Labute approximate surface area is 131 Å². The minimum atomic E-state index is -2.87. The Morgan fingerprint density at radius 1 is 1.38 bits per heavy atom. The predicted molar refractivity (Wildman–Crippen MR) is 90.4 cm³/mol. The van der Waals surface area contributed by atoms with Crippen LogP contribution in [0, 0.1) is 11.3 Å². The summed E-state index contributed by atoms with van der Waals surface area (Å²) >= 11 is 0. The largest absolute Gasteiger partial charge is 0.314 e. The Hall–Kier alpha value is -0.130. The van der Waals surface area contributed by atoms with Crippen LogP contribution < -0.4 is 5.32 Å². The van der Waals surface area contributed by atoms with E-state index in [1.165, 1.54) is 31.9 Å². The Bertz CT molecular complexity index is 409. The van der Waals surface area contributed by atoms with Crippen molar-refractivity contribution in [2.24, 2.45) is 11.3 Å². The van der Waals surface area contributed by atoms with Crippen LogP contribution in [0.3, 0.4) is 0 Å².